The molecule has 0 aliphatic rings. The highest BCUT2D eigenvalue weighted by Crippen LogP contribution is 2.07. The summed E-state index contributed by atoms with van der Waals surface area (Å²) in [6.45, 7) is 4.04. The molecule has 0 saturated heterocycles. The standard InChI is InChI=1S/C14H16FN3O/c1-10-7-8-18(17-10)11(2)14(19)16-9-12-3-5-13(15)6-4-12/h3-8,11H,9H2,1-2H3,(H,16,19). The predicted molar refractivity (Wildman–Crippen MR) is 69.9 cm³/mol. The van der Waals surface area contributed by atoms with Gasteiger partial charge in [-0.1, -0.05) is 12.1 Å². The number of aromatic nitrogens is 2. The van der Waals surface area contributed by atoms with Crippen molar-refractivity contribution >= 4 is 5.91 Å². The van der Waals surface area contributed by atoms with Gasteiger partial charge in [-0.25, -0.2) is 4.39 Å². The number of halogens is 1. The van der Waals surface area contributed by atoms with Gasteiger partial charge in [-0.2, -0.15) is 5.10 Å². The molecule has 1 aromatic heterocycles. The first-order valence-electron chi connectivity index (χ1n) is 6.10. The molecule has 2 rings (SSSR count). The van der Waals surface area contributed by atoms with Crippen LogP contribution in [0.3, 0.4) is 0 Å². The number of rotatable bonds is 4. The average Bonchev–Trinajstić information content (AvgIpc) is 2.83. The van der Waals surface area contributed by atoms with Gasteiger partial charge in [-0.15, -0.1) is 0 Å². The number of hydrogen-bond acceptors (Lipinski definition) is 2. The molecule has 4 nitrogen and oxygen atoms in total. The smallest absolute Gasteiger partial charge is 0.244 e. The molecule has 1 aromatic carbocycles. The molecule has 0 spiro atoms. The number of nitrogens with zero attached hydrogens (tertiary/aromatic N) is 2. The van der Waals surface area contributed by atoms with E-state index in [0.29, 0.717) is 6.54 Å². The second-order valence-electron chi connectivity index (χ2n) is 4.46. The van der Waals surface area contributed by atoms with Gasteiger partial charge in [0.1, 0.15) is 11.9 Å². The molecule has 0 aliphatic heterocycles. The van der Waals surface area contributed by atoms with Gasteiger partial charge in [0.25, 0.3) is 0 Å². The Hall–Kier alpha value is -2.17. The Morgan fingerprint density at radius 2 is 2.05 bits per heavy atom. The monoisotopic (exact) mass is 261 g/mol. The van der Waals surface area contributed by atoms with Crippen LogP contribution in [0.25, 0.3) is 0 Å². The first kappa shape index (κ1) is 13.3. The van der Waals surface area contributed by atoms with Gasteiger partial charge in [0.2, 0.25) is 5.91 Å². The number of aryl methyl sites for hydroxylation is 1. The van der Waals surface area contributed by atoms with E-state index in [1.165, 1.54) is 12.1 Å². The van der Waals surface area contributed by atoms with Crippen molar-refractivity contribution in [1.82, 2.24) is 15.1 Å². The summed E-state index contributed by atoms with van der Waals surface area (Å²) in [7, 11) is 0. The van der Waals surface area contributed by atoms with E-state index in [-0.39, 0.29) is 17.8 Å². The van der Waals surface area contributed by atoms with Crippen molar-refractivity contribution in [1.29, 1.82) is 0 Å². The SMILES string of the molecule is Cc1ccn(C(C)C(=O)NCc2ccc(F)cc2)n1. The van der Waals surface area contributed by atoms with Gasteiger partial charge in [0.15, 0.2) is 0 Å². The Labute approximate surface area is 111 Å². The average molecular weight is 261 g/mol. The van der Waals surface area contributed by atoms with Crippen LogP contribution in [0.1, 0.15) is 24.2 Å². The zero-order valence-corrected chi connectivity index (χ0v) is 10.9. The van der Waals surface area contributed by atoms with E-state index < -0.39 is 0 Å². The summed E-state index contributed by atoms with van der Waals surface area (Å²) >= 11 is 0. The Bertz CT molecular complexity index is 562. The van der Waals surface area contributed by atoms with E-state index in [2.05, 4.69) is 10.4 Å². The van der Waals surface area contributed by atoms with Gasteiger partial charge in [-0.3, -0.25) is 9.48 Å². The lowest BCUT2D eigenvalue weighted by atomic mass is 10.2. The van der Waals surface area contributed by atoms with Crippen LogP contribution >= 0.6 is 0 Å². The maximum absolute atomic E-state index is 12.7. The fourth-order valence-electron chi connectivity index (χ4n) is 1.71. The van der Waals surface area contributed by atoms with Crippen molar-refractivity contribution in [3.05, 3.63) is 53.6 Å². The van der Waals surface area contributed by atoms with Crippen LogP contribution in [0.5, 0.6) is 0 Å². The van der Waals surface area contributed by atoms with Gasteiger partial charge >= 0.3 is 0 Å². The predicted octanol–water partition coefficient (Wildman–Crippen LogP) is 2.21. The zero-order chi connectivity index (χ0) is 13.8. The number of amides is 1. The molecule has 1 unspecified atom stereocenters. The third kappa shape index (κ3) is 3.40. The maximum Gasteiger partial charge on any atom is 0.244 e. The molecule has 1 N–H and O–H groups in total. The van der Waals surface area contributed by atoms with E-state index in [4.69, 9.17) is 0 Å². The van der Waals surface area contributed by atoms with Gasteiger partial charge in [0.05, 0.1) is 5.69 Å². The molecule has 19 heavy (non-hydrogen) atoms. The van der Waals surface area contributed by atoms with Gasteiger partial charge in [-0.05, 0) is 37.6 Å². The lowest BCUT2D eigenvalue weighted by Crippen LogP contribution is -2.30. The number of carbonyl (C=O) groups excluding carboxylic acids is 1. The summed E-state index contributed by atoms with van der Waals surface area (Å²) in [5.74, 6) is -0.400. The molecule has 1 atom stereocenters. The molecular formula is C14H16FN3O. The van der Waals surface area contributed by atoms with Crippen LogP contribution in [-0.4, -0.2) is 15.7 Å². The van der Waals surface area contributed by atoms with Crippen LogP contribution in [0.2, 0.25) is 0 Å². The highest BCUT2D eigenvalue weighted by atomic mass is 19.1. The lowest BCUT2D eigenvalue weighted by molar-refractivity contribution is -0.124. The fourth-order valence-corrected chi connectivity index (χ4v) is 1.71. The second-order valence-corrected chi connectivity index (χ2v) is 4.46. The molecule has 5 heteroatoms. The third-order valence-electron chi connectivity index (χ3n) is 2.90. The molecule has 0 saturated carbocycles. The second kappa shape index (κ2) is 5.65. The highest BCUT2D eigenvalue weighted by Gasteiger charge is 2.14. The summed E-state index contributed by atoms with van der Waals surface area (Å²) in [5, 5.41) is 7.01. The van der Waals surface area contributed by atoms with Crippen molar-refractivity contribution in [2.24, 2.45) is 0 Å². The molecule has 0 aliphatic carbocycles. The summed E-state index contributed by atoms with van der Waals surface area (Å²) in [5.41, 5.74) is 1.73. The Morgan fingerprint density at radius 1 is 1.37 bits per heavy atom. The maximum atomic E-state index is 12.7. The largest absolute Gasteiger partial charge is 0.350 e. The summed E-state index contributed by atoms with van der Waals surface area (Å²) < 4.78 is 14.4. The van der Waals surface area contributed by atoms with Crippen LogP contribution in [0, 0.1) is 12.7 Å². The number of nitrogens with one attached hydrogen (secondary N) is 1. The van der Waals surface area contributed by atoms with E-state index in [0.717, 1.165) is 11.3 Å². The van der Waals surface area contributed by atoms with E-state index in [1.807, 2.05) is 13.0 Å². The van der Waals surface area contributed by atoms with E-state index >= 15 is 0 Å². The molecule has 2 aromatic rings. The minimum atomic E-state index is -0.367. The molecule has 1 amide bonds. The van der Waals surface area contributed by atoms with Crippen molar-refractivity contribution in [2.75, 3.05) is 0 Å². The van der Waals surface area contributed by atoms with Gasteiger partial charge in [0, 0.05) is 12.7 Å². The summed E-state index contributed by atoms with van der Waals surface area (Å²) in [6.07, 6.45) is 1.78. The van der Waals surface area contributed by atoms with Crippen molar-refractivity contribution in [2.45, 2.75) is 26.4 Å². The van der Waals surface area contributed by atoms with Crippen molar-refractivity contribution in [3.63, 3.8) is 0 Å². The number of hydrogen-bond donors (Lipinski definition) is 1. The van der Waals surface area contributed by atoms with Crippen molar-refractivity contribution < 1.29 is 9.18 Å². The topological polar surface area (TPSA) is 46.9 Å². The third-order valence-corrected chi connectivity index (χ3v) is 2.90. The molecule has 1 heterocycles. The van der Waals surface area contributed by atoms with Crippen LogP contribution in [-0.2, 0) is 11.3 Å². The highest BCUT2D eigenvalue weighted by molar-refractivity contribution is 5.79. The first-order valence-corrected chi connectivity index (χ1v) is 6.10. The lowest BCUT2D eigenvalue weighted by Gasteiger charge is -2.12. The number of benzene rings is 1. The Balaban J connectivity index is 1.92. The first-order chi connectivity index (χ1) is 9.06. The number of carbonyl (C=O) groups is 1. The van der Waals surface area contributed by atoms with E-state index in [9.17, 15) is 9.18 Å². The van der Waals surface area contributed by atoms with Crippen LogP contribution < -0.4 is 5.32 Å². The molecule has 100 valence electrons. The van der Waals surface area contributed by atoms with Crippen molar-refractivity contribution in [3.8, 4) is 0 Å². The minimum Gasteiger partial charge on any atom is -0.350 e. The summed E-state index contributed by atoms with van der Waals surface area (Å²) in [4.78, 5) is 11.9. The molecule has 0 radical (unpaired) electrons. The summed E-state index contributed by atoms with van der Waals surface area (Å²) in [6, 6.07) is 7.54. The Morgan fingerprint density at radius 3 is 2.63 bits per heavy atom. The molecule has 0 fully saturated rings. The van der Waals surface area contributed by atoms with Gasteiger partial charge < -0.3 is 5.32 Å². The van der Waals surface area contributed by atoms with E-state index in [1.54, 1.807) is 29.9 Å². The quantitative estimate of drug-likeness (QED) is 0.917. The minimum absolute atomic E-state index is 0.118. The van der Waals surface area contributed by atoms with Crippen LogP contribution in [0.4, 0.5) is 4.39 Å². The fraction of sp³-hybridized carbons (Fsp3) is 0.286. The molecule has 0 bridgehead atoms. The zero-order valence-electron chi connectivity index (χ0n) is 10.9. The Kier molecular flexibility index (Phi) is 3.94. The normalized spacial score (nSPS) is 12.2. The molecular weight excluding hydrogens is 245 g/mol. The van der Waals surface area contributed by atoms with Crippen LogP contribution in [0.15, 0.2) is 36.5 Å².